The first kappa shape index (κ1) is 38.2. The number of likely N-dealkylation sites (tertiary alicyclic amines) is 2. The standard InChI is InChI=1S/C45H46N8O5/c1-51(2)40(31-13-7-4-8-14-31)44(56)52-23-9-15-37(52)41-46-27-36(49-41)29-19-17-28(18-20-29)35-26-32-25-33(21-22-34(32)48-35)47-42(54)38-16-10-24-53(38)43(55)39(50-45(57)58)30-11-5-3-6-12-30/h3-8,11-14,17-22,25-27,37-40,48,50H,9-10,15-16,23-24H2,1-2H3,(H,46,49)(H,47,54)(H,57,58)/t37-,38-,39?,40?/m0/s1. The van der Waals surface area contributed by atoms with Crippen LogP contribution in [0.2, 0.25) is 0 Å². The van der Waals surface area contributed by atoms with Gasteiger partial charge in [-0.3, -0.25) is 19.3 Å². The molecule has 13 nitrogen and oxygen atoms in total. The van der Waals surface area contributed by atoms with Crippen LogP contribution in [0.1, 0.15) is 60.8 Å². The summed E-state index contributed by atoms with van der Waals surface area (Å²) >= 11 is 0. The van der Waals surface area contributed by atoms with E-state index in [2.05, 4.69) is 20.6 Å². The van der Waals surface area contributed by atoms with Gasteiger partial charge in [-0.05, 0) is 86.3 Å². The smallest absolute Gasteiger partial charge is 0.405 e. The van der Waals surface area contributed by atoms with Gasteiger partial charge in [-0.2, -0.15) is 0 Å². The van der Waals surface area contributed by atoms with E-state index < -0.39 is 24.1 Å². The lowest BCUT2D eigenvalue weighted by atomic mass is 10.0. The Morgan fingerprint density at radius 2 is 1.41 bits per heavy atom. The zero-order chi connectivity index (χ0) is 40.3. The highest BCUT2D eigenvalue weighted by Gasteiger charge is 2.39. The monoisotopic (exact) mass is 778 g/mol. The molecule has 2 aromatic heterocycles. The minimum atomic E-state index is -1.32. The number of fused-ring (bicyclic) bond motifs is 1. The number of carboxylic acid groups (broad SMARTS) is 1. The van der Waals surface area contributed by atoms with Gasteiger partial charge in [-0.25, -0.2) is 9.78 Å². The van der Waals surface area contributed by atoms with Crippen LogP contribution in [0.5, 0.6) is 0 Å². The van der Waals surface area contributed by atoms with Gasteiger partial charge >= 0.3 is 6.09 Å². The van der Waals surface area contributed by atoms with Crippen LogP contribution in [0.25, 0.3) is 33.4 Å². The van der Waals surface area contributed by atoms with Crippen LogP contribution < -0.4 is 10.6 Å². The highest BCUT2D eigenvalue weighted by atomic mass is 16.4. The summed E-state index contributed by atoms with van der Waals surface area (Å²) in [6.45, 7) is 1.04. The van der Waals surface area contributed by atoms with Crippen LogP contribution in [0.4, 0.5) is 10.5 Å². The molecular weight excluding hydrogens is 733 g/mol. The lowest BCUT2D eigenvalue weighted by Gasteiger charge is -2.31. The quantitative estimate of drug-likeness (QED) is 0.0933. The Morgan fingerprint density at radius 1 is 0.759 bits per heavy atom. The highest BCUT2D eigenvalue weighted by molar-refractivity contribution is 6.00. The zero-order valence-corrected chi connectivity index (χ0v) is 32.4. The van der Waals surface area contributed by atoms with Crippen molar-refractivity contribution in [2.45, 2.75) is 49.9 Å². The van der Waals surface area contributed by atoms with Gasteiger partial charge in [0.25, 0.3) is 5.91 Å². The molecule has 0 radical (unpaired) electrons. The molecular formula is C45H46N8O5. The van der Waals surface area contributed by atoms with Crippen molar-refractivity contribution in [1.29, 1.82) is 0 Å². The second kappa shape index (κ2) is 16.4. The van der Waals surface area contributed by atoms with Gasteiger partial charge in [0.15, 0.2) is 0 Å². The number of aromatic amines is 2. The molecule has 6 aromatic rings. The second-order valence-corrected chi connectivity index (χ2v) is 15.2. The first-order valence-corrected chi connectivity index (χ1v) is 19.6. The molecule has 5 N–H and O–H groups in total. The summed E-state index contributed by atoms with van der Waals surface area (Å²) in [7, 11) is 3.88. The first-order valence-electron chi connectivity index (χ1n) is 19.6. The Labute approximate surface area is 336 Å². The fraction of sp³-hybridized carbons (Fsp3) is 0.267. The van der Waals surface area contributed by atoms with Gasteiger partial charge in [-0.15, -0.1) is 0 Å². The molecule has 0 spiro atoms. The van der Waals surface area contributed by atoms with E-state index in [1.807, 2.05) is 109 Å². The number of carbonyl (C=O) groups is 4. The van der Waals surface area contributed by atoms with Gasteiger partial charge in [-0.1, -0.05) is 84.9 Å². The van der Waals surface area contributed by atoms with Gasteiger partial charge < -0.3 is 35.5 Å². The van der Waals surface area contributed by atoms with Crippen molar-refractivity contribution in [2.75, 3.05) is 32.5 Å². The van der Waals surface area contributed by atoms with Crippen molar-refractivity contribution in [3.63, 3.8) is 0 Å². The van der Waals surface area contributed by atoms with E-state index in [0.717, 1.165) is 57.6 Å². The van der Waals surface area contributed by atoms with E-state index >= 15 is 0 Å². The van der Waals surface area contributed by atoms with Gasteiger partial charge in [0, 0.05) is 35.4 Å². The lowest BCUT2D eigenvalue weighted by Crippen LogP contribution is -2.48. The normalized spacial score (nSPS) is 17.7. The average molecular weight is 779 g/mol. The number of hydrogen-bond donors (Lipinski definition) is 5. The fourth-order valence-electron chi connectivity index (χ4n) is 8.37. The molecule has 2 fully saturated rings. The fourth-order valence-corrected chi connectivity index (χ4v) is 8.37. The molecule has 2 unspecified atom stereocenters. The van der Waals surface area contributed by atoms with Crippen molar-refractivity contribution in [3.05, 3.63) is 132 Å². The van der Waals surface area contributed by atoms with Crippen LogP contribution in [0, 0.1) is 0 Å². The number of hydrogen-bond acceptors (Lipinski definition) is 6. The molecule has 4 amide bonds. The average Bonchev–Trinajstić information content (AvgIpc) is 4.07. The summed E-state index contributed by atoms with van der Waals surface area (Å²) in [4.78, 5) is 69.8. The maximum absolute atomic E-state index is 13.9. The minimum Gasteiger partial charge on any atom is -0.465 e. The molecule has 296 valence electrons. The molecule has 0 aliphatic carbocycles. The Balaban J connectivity index is 0.934. The Morgan fingerprint density at radius 3 is 2.10 bits per heavy atom. The Hall–Kier alpha value is -6.73. The number of imidazole rings is 1. The summed E-state index contributed by atoms with van der Waals surface area (Å²) in [5, 5.41) is 15.7. The highest BCUT2D eigenvalue weighted by Crippen LogP contribution is 2.36. The molecule has 2 saturated heterocycles. The Bertz CT molecular complexity index is 2430. The number of nitrogens with zero attached hydrogens (tertiary/aromatic N) is 4. The van der Waals surface area contributed by atoms with Crippen LogP contribution in [-0.2, 0) is 14.4 Å². The third kappa shape index (κ3) is 7.81. The lowest BCUT2D eigenvalue weighted by molar-refractivity contribution is -0.138. The zero-order valence-electron chi connectivity index (χ0n) is 32.4. The molecule has 58 heavy (non-hydrogen) atoms. The number of nitrogens with one attached hydrogen (secondary N) is 4. The number of H-pyrrole nitrogens is 2. The molecule has 0 bridgehead atoms. The SMILES string of the molecule is CN(C)C(C(=O)N1CCC[C@H]1c1ncc(-c2ccc(-c3cc4cc(NC(=O)[C@@H]5CCCN5C(=O)C(NC(=O)O)c5ccccc5)ccc4[nH]3)cc2)[nH]1)c1ccccc1. The third-order valence-corrected chi connectivity index (χ3v) is 11.2. The van der Waals surface area contributed by atoms with Gasteiger partial charge in [0.05, 0.1) is 17.9 Å². The summed E-state index contributed by atoms with van der Waals surface area (Å²) in [5.41, 5.74) is 6.72. The van der Waals surface area contributed by atoms with Gasteiger partial charge in [0.1, 0.15) is 23.9 Å². The molecule has 0 saturated carbocycles. The predicted molar refractivity (Wildman–Crippen MR) is 222 cm³/mol. The Kier molecular flexibility index (Phi) is 10.8. The van der Waals surface area contributed by atoms with Crippen LogP contribution >= 0.6 is 0 Å². The minimum absolute atomic E-state index is 0.0748. The molecule has 4 atom stereocenters. The predicted octanol–water partition coefficient (Wildman–Crippen LogP) is 7.13. The van der Waals surface area contributed by atoms with Crippen molar-refractivity contribution in [3.8, 4) is 22.5 Å². The summed E-state index contributed by atoms with van der Waals surface area (Å²) in [6.07, 6.45) is 3.38. The molecule has 8 rings (SSSR count). The van der Waals surface area contributed by atoms with E-state index in [9.17, 15) is 24.3 Å². The summed E-state index contributed by atoms with van der Waals surface area (Å²) < 4.78 is 0. The molecule has 2 aliphatic rings. The number of anilines is 1. The van der Waals surface area contributed by atoms with Crippen LogP contribution in [0.15, 0.2) is 115 Å². The number of rotatable bonds is 11. The van der Waals surface area contributed by atoms with E-state index in [1.54, 1.807) is 30.3 Å². The van der Waals surface area contributed by atoms with Crippen molar-refractivity contribution >= 4 is 40.4 Å². The number of likely N-dealkylation sites (N-methyl/N-ethyl adjacent to an activating group) is 1. The largest absolute Gasteiger partial charge is 0.465 e. The summed E-state index contributed by atoms with van der Waals surface area (Å²) in [5.74, 6) is 0.0807. The molecule has 13 heteroatoms. The van der Waals surface area contributed by atoms with E-state index in [1.165, 1.54) is 4.90 Å². The van der Waals surface area contributed by atoms with Gasteiger partial charge in [0.2, 0.25) is 11.8 Å². The number of benzene rings is 4. The van der Waals surface area contributed by atoms with E-state index in [4.69, 9.17) is 4.98 Å². The van der Waals surface area contributed by atoms with Crippen LogP contribution in [0.3, 0.4) is 0 Å². The van der Waals surface area contributed by atoms with Crippen molar-refractivity contribution < 1.29 is 24.3 Å². The maximum Gasteiger partial charge on any atom is 0.405 e. The third-order valence-electron chi connectivity index (χ3n) is 11.2. The van der Waals surface area contributed by atoms with Crippen molar-refractivity contribution in [1.82, 2.24) is 35.0 Å². The summed E-state index contributed by atoms with van der Waals surface area (Å²) in [6, 6.07) is 32.0. The molecule has 2 aliphatic heterocycles. The van der Waals surface area contributed by atoms with E-state index in [0.29, 0.717) is 37.2 Å². The number of aromatic nitrogens is 3. The number of carbonyl (C=O) groups excluding carboxylic acids is 3. The van der Waals surface area contributed by atoms with E-state index in [-0.39, 0.29) is 23.9 Å². The molecule has 4 aromatic carbocycles. The second-order valence-electron chi connectivity index (χ2n) is 15.2. The van der Waals surface area contributed by atoms with Crippen molar-refractivity contribution in [2.24, 2.45) is 0 Å². The maximum atomic E-state index is 13.9. The van der Waals surface area contributed by atoms with Crippen LogP contribution in [-0.4, -0.2) is 91.8 Å². The topological polar surface area (TPSA) is 167 Å². The molecule has 4 heterocycles. The first-order chi connectivity index (χ1) is 28.1. The number of amides is 4.